The van der Waals surface area contributed by atoms with Gasteiger partial charge in [-0.25, -0.2) is 4.98 Å². The first kappa shape index (κ1) is 14.3. The molecule has 0 unspecified atom stereocenters. The third kappa shape index (κ3) is 3.18. The van der Waals surface area contributed by atoms with E-state index in [1.54, 1.807) is 4.90 Å². The van der Waals surface area contributed by atoms with E-state index in [0.717, 1.165) is 18.5 Å². The molecule has 2 fully saturated rings. The van der Waals surface area contributed by atoms with Gasteiger partial charge in [0.05, 0.1) is 11.6 Å². The molecule has 0 aromatic carbocycles. The van der Waals surface area contributed by atoms with E-state index in [2.05, 4.69) is 4.98 Å². The summed E-state index contributed by atoms with van der Waals surface area (Å²) in [6, 6.07) is 0. The van der Waals surface area contributed by atoms with Gasteiger partial charge < -0.3 is 15.7 Å². The molecule has 3 N–H and O–H groups in total. The molecule has 6 nitrogen and oxygen atoms in total. The van der Waals surface area contributed by atoms with E-state index in [1.807, 2.05) is 5.38 Å². The number of carbonyl (C=O) groups excluding carboxylic acids is 1. The lowest BCUT2D eigenvalue weighted by molar-refractivity contribution is -0.142. The molecular formula is C14H19N3O3S. The van der Waals surface area contributed by atoms with Gasteiger partial charge in [-0.15, -0.1) is 11.3 Å². The standard InChI is InChI=1S/C14H19N3O3S/c15-14-16-9(7-21-14)3-4-12(18)17-5-10(8-1-2-8)11(6-17)13(19)20/h7-8,10-11H,1-6H2,(H2,15,16)(H,19,20)/t10-,11+/m0/s1. The Balaban J connectivity index is 1.56. The SMILES string of the molecule is Nc1nc(CCC(=O)N2C[C@@H](C(=O)O)[C@H](C3CC3)C2)cs1. The molecule has 1 aromatic rings. The number of anilines is 1. The summed E-state index contributed by atoms with van der Waals surface area (Å²) < 4.78 is 0. The smallest absolute Gasteiger partial charge is 0.308 e. The molecule has 21 heavy (non-hydrogen) atoms. The lowest BCUT2D eigenvalue weighted by atomic mass is 9.92. The number of hydrogen-bond acceptors (Lipinski definition) is 5. The average Bonchev–Trinajstić information content (AvgIpc) is 3.05. The second kappa shape index (κ2) is 5.63. The Bertz CT molecular complexity index is 555. The number of likely N-dealkylation sites (tertiary alicyclic amines) is 1. The Morgan fingerprint density at radius 1 is 1.43 bits per heavy atom. The first-order chi connectivity index (χ1) is 10.0. The van der Waals surface area contributed by atoms with Crippen LogP contribution >= 0.6 is 11.3 Å². The van der Waals surface area contributed by atoms with Crippen molar-refractivity contribution in [1.29, 1.82) is 0 Å². The van der Waals surface area contributed by atoms with Crippen molar-refractivity contribution < 1.29 is 14.7 Å². The maximum Gasteiger partial charge on any atom is 0.308 e. The van der Waals surface area contributed by atoms with E-state index in [4.69, 9.17) is 5.73 Å². The fourth-order valence-corrected chi connectivity index (χ4v) is 3.72. The molecule has 1 saturated carbocycles. The molecule has 1 aliphatic carbocycles. The van der Waals surface area contributed by atoms with Crippen LogP contribution in [0.15, 0.2) is 5.38 Å². The maximum absolute atomic E-state index is 12.3. The van der Waals surface area contributed by atoms with Crippen LogP contribution in [0.2, 0.25) is 0 Å². The fourth-order valence-electron chi connectivity index (χ4n) is 3.13. The van der Waals surface area contributed by atoms with Crippen LogP contribution in [0, 0.1) is 17.8 Å². The van der Waals surface area contributed by atoms with E-state index in [0.29, 0.717) is 37.0 Å². The monoisotopic (exact) mass is 309 g/mol. The second-order valence-electron chi connectivity index (χ2n) is 5.92. The zero-order valence-electron chi connectivity index (χ0n) is 11.7. The summed E-state index contributed by atoms with van der Waals surface area (Å²) in [5.74, 6) is -0.495. The number of thiazole rings is 1. The molecule has 7 heteroatoms. The molecular weight excluding hydrogens is 290 g/mol. The van der Waals surface area contributed by atoms with Crippen molar-refractivity contribution >= 4 is 28.3 Å². The number of carbonyl (C=O) groups is 2. The zero-order chi connectivity index (χ0) is 15.0. The van der Waals surface area contributed by atoms with E-state index in [9.17, 15) is 14.7 Å². The molecule has 1 aliphatic heterocycles. The van der Waals surface area contributed by atoms with Gasteiger partial charge in [-0.3, -0.25) is 9.59 Å². The molecule has 0 spiro atoms. The van der Waals surface area contributed by atoms with Crippen molar-refractivity contribution in [1.82, 2.24) is 9.88 Å². The van der Waals surface area contributed by atoms with Gasteiger partial charge in [-0.1, -0.05) is 0 Å². The van der Waals surface area contributed by atoms with E-state index < -0.39 is 11.9 Å². The minimum absolute atomic E-state index is 0.0240. The third-order valence-electron chi connectivity index (χ3n) is 4.43. The highest BCUT2D eigenvalue weighted by Gasteiger charge is 2.46. The highest BCUT2D eigenvalue weighted by atomic mass is 32.1. The van der Waals surface area contributed by atoms with Crippen LogP contribution in [0.3, 0.4) is 0 Å². The summed E-state index contributed by atoms with van der Waals surface area (Å²) in [7, 11) is 0. The number of nitrogens with zero attached hydrogens (tertiary/aromatic N) is 2. The van der Waals surface area contributed by atoms with Crippen LogP contribution in [-0.2, 0) is 16.0 Å². The first-order valence-corrected chi connectivity index (χ1v) is 8.13. The number of nitrogens with two attached hydrogens (primary N) is 1. The molecule has 2 aliphatic rings. The molecule has 2 atom stereocenters. The number of carboxylic acid groups (broad SMARTS) is 1. The first-order valence-electron chi connectivity index (χ1n) is 7.25. The number of aromatic nitrogens is 1. The number of amides is 1. The Kier molecular flexibility index (Phi) is 3.84. The van der Waals surface area contributed by atoms with Crippen LogP contribution in [0.5, 0.6) is 0 Å². The van der Waals surface area contributed by atoms with E-state index >= 15 is 0 Å². The summed E-state index contributed by atoms with van der Waals surface area (Å²) >= 11 is 1.37. The summed E-state index contributed by atoms with van der Waals surface area (Å²) in [5.41, 5.74) is 6.40. The van der Waals surface area contributed by atoms with E-state index in [1.165, 1.54) is 11.3 Å². The van der Waals surface area contributed by atoms with Crippen molar-refractivity contribution in [3.05, 3.63) is 11.1 Å². The number of carboxylic acids is 1. The summed E-state index contributed by atoms with van der Waals surface area (Å²) in [6.45, 7) is 0.953. The van der Waals surface area contributed by atoms with Gasteiger partial charge >= 0.3 is 5.97 Å². The molecule has 0 radical (unpaired) electrons. The lowest BCUT2D eigenvalue weighted by Crippen LogP contribution is -2.30. The molecule has 114 valence electrons. The predicted molar refractivity (Wildman–Crippen MR) is 78.8 cm³/mol. The van der Waals surface area contributed by atoms with Gasteiger partial charge in [-0.2, -0.15) is 0 Å². The van der Waals surface area contributed by atoms with Gasteiger partial charge in [0.2, 0.25) is 5.91 Å². The predicted octanol–water partition coefficient (Wildman–Crippen LogP) is 1.23. The number of aliphatic carboxylic acids is 1. The van der Waals surface area contributed by atoms with Gasteiger partial charge in [0.15, 0.2) is 5.13 Å². The molecule has 1 amide bonds. The molecule has 2 heterocycles. The van der Waals surface area contributed by atoms with Crippen molar-refractivity contribution in [3.63, 3.8) is 0 Å². The fraction of sp³-hybridized carbons (Fsp3) is 0.643. The second-order valence-corrected chi connectivity index (χ2v) is 6.81. The highest BCUT2D eigenvalue weighted by Crippen LogP contribution is 2.44. The molecule has 3 rings (SSSR count). The average molecular weight is 309 g/mol. The number of aryl methyl sites for hydroxylation is 1. The summed E-state index contributed by atoms with van der Waals surface area (Å²) in [6.07, 6.45) is 3.14. The van der Waals surface area contributed by atoms with Gasteiger partial charge in [0.25, 0.3) is 0 Å². The molecule has 0 bridgehead atoms. The third-order valence-corrected chi connectivity index (χ3v) is 5.15. The van der Waals surface area contributed by atoms with Crippen LogP contribution in [0.4, 0.5) is 5.13 Å². The molecule has 1 aromatic heterocycles. The Morgan fingerprint density at radius 3 is 2.76 bits per heavy atom. The topological polar surface area (TPSA) is 96.5 Å². The summed E-state index contributed by atoms with van der Waals surface area (Å²) in [5, 5.41) is 11.7. The Labute approximate surface area is 127 Å². The van der Waals surface area contributed by atoms with Gasteiger partial charge in [0, 0.05) is 24.9 Å². The van der Waals surface area contributed by atoms with Gasteiger partial charge in [0.1, 0.15) is 0 Å². The van der Waals surface area contributed by atoms with Crippen molar-refractivity contribution in [3.8, 4) is 0 Å². The minimum atomic E-state index is -0.769. The van der Waals surface area contributed by atoms with Crippen molar-refractivity contribution in [2.45, 2.75) is 25.7 Å². The number of rotatable bonds is 5. The Hall–Kier alpha value is -1.63. The quantitative estimate of drug-likeness (QED) is 0.852. The summed E-state index contributed by atoms with van der Waals surface area (Å²) in [4.78, 5) is 29.5. The van der Waals surface area contributed by atoms with Gasteiger partial charge in [-0.05, 0) is 31.1 Å². The van der Waals surface area contributed by atoms with Crippen LogP contribution in [-0.4, -0.2) is 40.0 Å². The Morgan fingerprint density at radius 2 is 2.19 bits per heavy atom. The van der Waals surface area contributed by atoms with Crippen molar-refractivity contribution in [2.75, 3.05) is 18.8 Å². The largest absolute Gasteiger partial charge is 0.481 e. The zero-order valence-corrected chi connectivity index (χ0v) is 12.5. The van der Waals surface area contributed by atoms with Crippen molar-refractivity contribution in [2.24, 2.45) is 17.8 Å². The normalized spacial score (nSPS) is 25.2. The van der Waals surface area contributed by atoms with Crippen LogP contribution in [0.25, 0.3) is 0 Å². The number of nitrogen functional groups attached to an aromatic ring is 1. The number of hydrogen-bond donors (Lipinski definition) is 2. The maximum atomic E-state index is 12.3. The lowest BCUT2D eigenvalue weighted by Gasteiger charge is -2.15. The molecule has 1 saturated heterocycles. The minimum Gasteiger partial charge on any atom is -0.481 e. The van der Waals surface area contributed by atoms with Crippen LogP contribution in [0.1, 0.15) is 25.0 Å². The highest BCUT2D eigenvalue weighted by molar-refractivity contribution is 7.13. The van der Waals surface area contributed by atoms with Crippen LogP contribution < -0.4 is 5.73 Å². The van der Waals surface area contributed by atoms with E-state index in [-0.39, 0.29) is 11.8 Å².